The van der Waals surface area contributed by atoms with Crippen molar-refractivity contribution in [3.05, 3.63) is 143 Å². The normalized spacial score (nSPS) is 19.0. The van der Waals surface area contributed by atoms with E-state index in [2.05, 4.69) is 48.6 Å². The van der Waals surface area contributed by atoms with Gasteiger partial charge in [0.25, 0.3) is 0 Å². The molecule has 8 rings (SSSR count). The molecule has 0 radical (unpaired) electrons. The second-order valence-corrected chi connectivity index (χ2v) is 33.1. The van der Waals surface area contributed by atoms with Crippen molar-refractivity contribution in [2.24, 2.45) is 16.2 Å². The molecule has 0 unspecified atom stereocenters. The number of halogens is 3. The molecule has 11 amide bonds. The summed E-state index contributed by atoms with van der Waals surface area (Å²) in [5.74, 6) is -6.69. The number of aliphatic carboxylic acids is 1. The lowest BCUT2D eigenvalue weighted by Crippen LogP contribution is -2.59. The minimum absolute atomic E-state index is 0.00390. The number of ether oxygens (including phenoxy) is 4. The lowest BCUT2D eigenvalue weighted by molar-refractivity contribution is -0.176. The number of fused-ring (bicyclic) bond motifs is 2. The van der Waals surface area contributed by atoms with Gasteiger partial charge in [-0.1, -0.05) is 172 Å². The smallest absolute Gasteiger partial charge is 0.471 e. The van der Waals surface area contributed by atoms with Gasteiger partial charge in [-0.3, -0.25) is 33.6 Å². The largest absolute Gasteiger partial charge is 0.480 e. The van der Waals surface area contributed by atoms with Gasteiger partial charge in [-0.15, -0.1) is 0 Å². The van der Waals surface area contributed by atoms with Crippen LogP contribution in [0, 0.1) is 16.2 Å². The molecule has 0 bridgehead atoms. The fourth-order valence-corrected chi connectivity index (χ4v) is 13.0. The van der Waals surface area contributed by atoms with Crippen LogP contribution >= 0.6 is 0 Å². The maximum atomic E-state index is 14.2. The van der Waals surface area contributed by atoms with Crippen LogP contribution in [0.15, 0.2) is 109 Å². The van der Waals surface area contributed by atoms with Gasteiger partial charge in [-0.05, 0) is 143 Å². The SMILES string of the molecule is CC(C)(C)OC(=O)N[C@H](C(=O)N1C[C@@H](NC(=O)CNC(=O)OCc2ccccc2)C[C@H]1C(=O)N[C@@H]1CCCc2ccccc21)C(C)(C)C.CC(C)(C)OC(=O)N[C@H](C(=O)O)C(C)(C)C.CC(C)(C)[C@H](NC(=O)C(F)(F)F)C(=O)N1C[C@@H](NC(=O)CNC(=O)OCc2ccccc2)C[C@H]1C(=O)N[C@@H]1CCCc2ccccc21. The van der Waals surface area contributed by atoms with E-state index >= 15 is 0 Å². The number of carboxylic acids is 1. The van der Waals surface area contributed by atoms with Gasteiger partial charge in [0.2, 0.25) is 35.4 Å². The molecule has 0 spiro atoms. The van der Waals surface area contributed by atoms with Crippen molar-refractivity contribution in [1.29, 1.82) is 0 Å². The van der Waals surface area contributed by atoms with E-state index < -0.39 is 148 Å². The number of carboxylic acid groups (broad SMARTS) is 1. The third-order valence-electron chi connectivity index (χ3n) is 18.3. The first-order chi connectivity index (χ1) is 51.7. The second-order valence-electron chi connectivity index (χ2n) is 33.1. The summed E-state index contributed by atoms with van der Waals surface area (Å²) in [6.07, 6.45) is -3.21. The fourth-order valence-electron chi connectivity index (χ4n) is 13.0. The van der Waals surface area contributed by atoms with Gasteiger partial charge in [0, 0.05) is 25.2 Å². The van der Waals surface area contributed by atoms with E-state index in [1.165, 1.54) is 31.2 Å². The number of aryl methyl sites for hydroxylation is 2. The van der Waals surface area contributed by atoms with Crippen molar-refractivity contribution in [1.82, 2.24) is 57.7 Å². The Balaban J connectivity index is 0.000000290. The molecule has 0 aromatic heterocycles. The van der Waals surface area contributed by atoms with Crippen molar-refractivity contribution in [3.8, 4) is 0 Å². The van der Waals surface area contributed by atoms with Crippen LogP contribution in [0.25, 0.3) is 0 Å². The highest BCUT2D eigenvalue weighted by Crippen LogP contribution is 2.35. The summed E-state index contributed by atoms with van der Waals surface area (Å²) in [6.45, 7) is 24.6. The number of hydrogen-bond acceptors (Lipinski definition) is 16. The highest BCUT2D eigenvalue weighted by molar-refractivity contribution is 5.95. The highest BCUT2D eigenvalue weighted by Gasteiger charge is 2.50. The lowest BCUT2D eigenvalue weighted by atomic mass is 9.85. The third kappa shape index (κ3) is 28.7. The predicted molar refractivity (Wildman–Crippen MR) is 404 cm³/mol. The Morgan fingerprint density at radius 3 is 1.14 bits per heavy atom. The van der Waals surface area contributed by atoms with Gasteiger partial charge in [-0.25, -0.2) is 24.0 Å². The Morgan fingerprint density at radius 1 is 0.450 bits per heavy atom. The van der Waals surface area contributed by atoms with Crippen LogP contribution in [-0.2, 0) is 83.4 Å². The number of nitrogens with zero attached hydrogens (tertiary/aromatic N) is 2. The zero-order chi connectivity index (χ0) is 82.6. The zero-order valence-corrected chi connectivity index (χ0v) is 66.0. The molecule has 4 aromatic carbocycles. The molecule has 111 heavy (non-hydrogen) atoms. The van der Waals surface area contributed by atoms with E-state index in [0.717, 1.165) is 64.8 Å². The Bertz CT molecular complexity index is 3910. The zero-order valence-electron chi connectivity index (χ0n) is 66.0. The van der Waals surface area contributed by atoms with Crippen molar-refractivity contribution in [2.75, 3.05) is 26.2 Å². The maximum Gasteiger partial charge on any atom is 0.471 e. The molecule has 608 valence electrons. The van der Waals surface area contributed by atoms with Crippen molar-refractivity contribution >= 4 is 71.7 Å². The van der Waals surface area contributed by atoms with Gasteiger partial charge in [0.15, 0.2) is 0 Å². The molecule has 28 nitrogen and oxygen atoms in total. The van der Waals surface area contributed by atoms with E-state index in [1.807, 2.05) is 99.6 Å². The number of alkyl halides is 3. The van der Waals surface area contributed by atoms with Crippen LogP contribution in [0.2, 0.25) is 0 Å². The van der Waals surface area contributed by atoms with Crippen molar-refractivity contribution < 1.29 is 94.8 Å². The van der Waals surface area contributed by atoms with Gasteiger partial charge >= 0.3 is 42.4 Å². The molecule has 2 heterocycles. The Morgan fingerprint density at radius 2 is 0.793 bits per heavy atom. The Kier molecular flexibility index (Phi) is 31.4. The number of hydrogen-bond donors (Lipinski definition) is 10. The standard InChI is InChI=1S/C36H49N5O7.C33H40F3N5O6.C11H21NO4/c1-35(2,3)30(40-34(46)48-36(4,5)6)32(44)41-21-25(38-29(42)20-37-33(45)47-22-23-13-8-7-9-14-23)19-28(41)31(43)39-27-18-12-16-24-15-10-11-17-26(24)27;1-32(2,3)27(40-30(45)33(34,35)36)29(44)41-18-22(38-26(42)17-37-31(46)47-19-20-10-5-4-6-11-20)16-25(41)28(43)39-24-15-9-13-21-12-7-8-14-23(21)24;1-10(2,3)7(8(13)14)12-9(15)16-11(4,5)6/h7-11,13-15,17,25,27-28,30H,12,16,18-22H2,1-6H3,(H,37,45)(H,38,42)(H,39,43)(H,40,46);4-8,10-12,14,22,24-25,27H,9,13,15-19H2,1-3H3,(H,37,46)(H,38,42)(H,39,43)(H,40,45);7H,1-6H3,(H,12,15)(H,13,14)/t25-,27+,28-,30+;22-,24+,25-,27+;7-/m001/s1. The molecule has 9 atom stereocenters. The molecule has 0 saturated carbocycles. The van der Waals surface area contributed by atoms with Crippen molar-refractivity contribution in [3.63, 3.8) is 0 Å². The first-order valence-electron chi connectivity index (χ1n) is 37.1. The highest BCUT2D eigenvalue weighted by atomic mass is 19.4. The summed E-state index contributed by atoms with van der Waals surface area (Å²) in [7, 11) is 0. The summed E-state index contributed by atoms with van der Waals surface area (Å²) in [5.41, 5.74) is 1.97. The second kappa shape index (κ2) is 38.9. The molecule has 4 aromatic rings. The van der Waals surface area contributed by atoms with Crippen LogP contribution < -0.4 is 47.9 Å². The van der Waals surface area contributed by atoms with E-state index in [-0.39, 0.29) is 63.7 Å². The summed E-state index contributed by atoms with van der Waals surface area (Å²) in [6, 6.07) is 26.2. The molecule has 2 aliphatic heterocycles. The molecular formula is C80H110F3N11O17. The number of carbonyl (C=O) groups excluding carboxylic acids is 11. The van der Waals surface area contributed by atoms with Crippen LogP contribution in [0.3, 0.4) is 0 Å². The number of carbonyl (C=O) groups is 12. The monoisotopic (exact) mass is 1550 g/mol. The van der Waals surface area contributed by atoms with Gasteiger partial charge in [0.1, 0.15) is 67.7 Å². The summed E-state index contributed by atoms with van der Waals surface area (Å²) in [4.78, 5) is 155. The summed E-state index contributed by atoms with van der Waals surface area (Å²) >= 11 is 0. The van der Waals surface area contributed by atoms with E-state index in [4.69, 9.17) is 24.1 Å². The van der Waals surface area contributed by atoms with Crippen LogP contribution in [0.5, 0.6) is 0 Å². The molecular weight excluding hydrogens is 1440 g/mol. The number of nitrogens with one attached hydrogen (secondary N) is 9. The fraction of sp³-hybridized carbons (Fsp3) is 0.550. The number of rotatable bonds is 20. The van der Waals surface area contributed by atoms with Crippen LogP contribution in [0.4, 0.5) is 32.3 Å². The summed E-state index contributed by atoms with van der Waals surface area (Å²) < 4.78 is 60.4. The predicted octanol–water partition coefficient (Wildman–Crippen LogP) is 9.43. The number of benzene rings is 4. The summed E-state index contributed by atoms with van der Waals surface area (Å²) in [5, 5.41) is 32.4. The molecule has 31 heteroatoms. The number of amides is 11. The minimum Gasteiger partial charge on any atom is -0.480 e. The Labute approximate surface area is 646 Å². The third-order valence-corrected chi connectivity index (χ3v) is 18.3. The molecule has 2 saturated heterocycles. The van der Waals surface area contributed by atoms with Crippen molar-refractivity contribution in [2.45, 2.75) is 240 Å². The van der Waals surface area contributed by atoms with Gasteiger partial charge < -0.3 is 81.7 Å². The average Bonchev–Trinajstić information content (AvgIpc) is 1.69. The van der Waals surface area contributed by atoms with Crippen LogP contribution in [0.1, 0.15) is 188 Å². The molecule has 2 aliphatic carbocycles. The van der Waals surface area contributed by atoms with E-state index in [0.29, 0.717) is 6.42 Å². The van der Waals surface area contributed by atoms with Gasteiger partial charge in [0.05, 0.1) is 12.1 Å². The van der Waals surface area contributed by atoms with E-state index in [9.17, 15) is 70.7 Å². The van der Waals surface area contributed by atoms with Gasteiger partial charge in [-0.2, -0.15) is 13.2 Å². The first-order valence-corrected chi connectivity index (χ1v) is 37.1. The topological polar surface area (TPSA) is 377 Å². The van der Waals surface area contributed by atoms with Crippen LogP contribution in [-0.4, -0.2) is 172 Å². The minimum atomic E-state index is -5.23. The lowest BCUT2D eigenvalue weighted by Gasteiger charge is -2.36. The average molecular weight is 1550 g/mol. The maximum absolute atomic E-state index is 14.2. The van der Waals surface area contributed by atoms with E-state index in [1.54, 1.807) is 91.9 Å². The molecule has 2 fully saturated rings. The first kappa shape index (κ1) is 89.4. The molecule has 10 N–H and O–H groups in total. The molecule has 4 aliphatic rings. The Hall–Kier alpha value is -10.5. The quantitative estimate of drug-likeness (QED) is 0.0368. The number of alkyl carbamates (subject to hydrolysis) is 4. The number of likely N-dealkylation sites (tertiary alicyclic amines) is 2.